The van der Waals surface area contributed by atoms with Crippen LogP contribution in [0.1, 0.15) is 45.4 Å². The van der Waals surface area contributed by atoms with Crippen molar-refractivity contribution < 1.29 is 4.79 Å². The Kier molecular flexibility index (Phi) is 5.37. The van der Waals surface area contributed by atoms with E-state index in [-0.39, 0.29) is 0 Å². The molecule has 3 heterocycles. The molecule has 0 unspecified atom stereocenters. The van der Waals surface area contributed by atoms with Gasteiger partial charge in [-0.2, -0.15) is 9.97 Å². The molecule has 0 radical (unpaired) electrons. The smallest absolute Gasteiger partial charge is 0.223 e. The number of anilines is 3. The molecular formula is C17H28N6O. The van der Waals surface area contributed by atoms with Gasteiger partial charge >= 0.3 is 0 Å². The highest BCUT2D eigenvalue weighted by molar-refractivity contribution is 5.78. The third-order valence-corrected chi connectivity index (χ3v) is 4.91. The first kappa shape index (κ1) is 16.8. The summed E-state index contributed by atoms with van der Waals surface area (Å²) in [4.78, 5) is 24.9. The fourth-order valence-corrected chi connectivity index (χ4v) is 3.56. The van der Waals surface area contributed by atoms with Crippen LogP contribution in [0.25, 0.3) is 0 Å². The second kappa shape index (κ2) is 7.68. The average Bonchev–Trinajstić information content (AvgIpc) is 3.01. The topological polar surface area (TPSA) is 87.4 Å². The Bertz CT molecular complexity index is 570. The first-order valence-electron chi connectivity index (χ1n) is 9.10. The van der Waals surface area contributed by atoms with Crippen molar-refractivity contribution in [2.45, 2.75) is 51.5 Å². The van der Waals surface area contributed by atoms with Gasteiger partial charge in [0.2, 0.25) is 11.9 Å². The normalized spacial score (nSPS) is 19.1. The molecule has 2 fully saturated rings. The maximum atomic E-state index is 11.9. The molecule has 0 saturated carbocycles. The number of likely N-dealkylation sites (tertiary alicyclic amines) is 1. The van der Waals surface area contributed by atoms with Gasteiger partial charge in [0.15, 0.2) is 0 Å². The monoisotopic (exact) mass is 332 g/mol. The number of nitrogens with one attached hydrogen (secondary N) is 1. The second-order valence-corrected chi connectivity index (χ2v) is 6.66. The average molecular weight is 332 g/mol. The standard InChI is InChI=1S/C17H28N6O/c1-2-3-8-19-14-12-15(21-17(18)20-14)22-10-6-13(7-11-22)23-9-4-5-16(23)24/h12-13H,2-11H2,1H3,(H3,18,19,20,21). The number of aromatic nitrogens is 2. The minimum absolute atomic E-state index is 0.309. The molecule has 24 heavy (non-hydrogen) atoms. The van der Waals surface area contributed by atoms with Crippen LogP contribution in [0.15, 0.2) is 6.07 Å². The number of rotatable bonds is 6. The van der Waals surface area contributed by atoms with Crippen molar-refractivity contribution in [3.8, 4) is 0 Å². The number of unbranched alkanes of at least 4 members (excludes halogenated alkanes) is 1. The van der Waals surface area contributed by atoms with Gasteiger partial charge in [-0.15, -0.1) is 0 Å². The zero-order valence-corrected chi connectivity index (χ0v) is 14.5. The number of hydrogen-bond acceptors (Lipinski definition) is 6. The lowest BCUT2D eigenvalue weighted by atomic mass is 10.0. The van der Waals surface area contributed by atoms with E-state index in [2.05, 4.69) is 32.0 Å². The molecule has 0 bridgehead atoms. The van der Waals surface area contributed by atoms with E-state index in [1.165, 1.54) is 0 Å². The minimum Gasteiger partial charge on any atom is -0.370 e. The number of carbonyl (C=O) groups is 1. The summed E-state index contributed by atoms with van der Waals surface area (Å²) in [6.07, 6.45) is 5.96. The van der Waals surface area contributed by atoms with Crippen molar-refractivity contribution in [1.82, 2.24) is 14.9 Å². The first-order chi connectivity index (χ1) is 11.7. The first-order valence-corrected chi connectivity index (χ1v) is 9.10. The minimum atomic E-state index is 0.309. The quantitative estimate of drug-likeness (QED) is 0.773. The zero-order chi connectivity index (χ0) is 16.9. The summed E-state index contributed by atoms with van der Waals surface area (Å²) in [6.45, 7) is 5.79. The van der Waals surface area contributed by atoms with Crippen molar-refractivity contribution in [3.05, 3.63) is 6.07 Å². The predicted octanol–water partition coefficient (Wildman–Crippen LogP) is 1.86. The van der Waals surface area contributed by atoms with Crippen LogP contribution in [0, 0.1) is 0 Å². The number of nitrogens with two attached hydrogens (primary N) is 1. The van der Waals surface area contributed by atoms with Crippen LogP contribution in [-0.4, -0.2) is 53.0 Å². The third-order valence-electron chi connectivity index (χ3n) is 4.91. The Labute approximate surface area is 143 Å². The summed E-state index contributed by atoms with van der Waals surface area (Å²) in [7, 11) is 0. The molecule has 0 aliphatic carbocycles. The van der Waals surface area contributed by atoms with Crippen molar-refractivity contribution in [3.63, 3.8) is 0 Å². The van der Waals surface area contributed by atoms with E-state index < -0.39 is 0 Å². The fraction of sp³-hybridized carbons (Fsp3) is 0.706. The van der Waals surface area contributed by atoms with Gasteiger partial charge in [0.25, 0.3) is 0 Å². The Morgan fingerprint density at radius 3 is 2.75 bits per heavy atom. The van der Waals surface area contributed by atoms with Crippen LogP contribution in [0.4, 0.5) is 17.6 Å². The summed E-state index contributed by atoms with van der Waals surface area (Å²) >= 11 is 0. The molecule has 2 aliphatic heterocycles. The molecule has 3 N–H and O–H groups in total. The molecule has 1 aromatic heterocycles. The van der Waals surface area contributed by atoms with Gasteiger partial charge in [-0.1, -0.05) is 13.3 Å². The van der Waals surface area contributed by atoms with Crippen LogP contribution in [0.3, 0.4) is 0 Å². The summed E-state index contributed by atoms with van der Waals surface area (Å²) < 4.78 is 0. The molecule has 1 aromatic rings. The van der Waals surface area contributed by atoms with Crippen LogP contribution >= 0.6 is 0 Å². The Hall–Kier alpha value is -2.05. The highest BCUT2D eigenvalue weighted by atomic mass is 16.2. The van der Waals surface area contributed by atoms with Gasteiger partial charge < -0.3 is 20.9 Å². The van der Waals surface area contributed by atoms with E-state index in [1.54, 1.807) is 0 Å². The summed E-state index contributed by atoms with van der Waals surface area (Å²) in [5.74, 6) is 2.31. The number of hydrogen-bond donors (Lipinski definition) is 2. The number of nitrogens with zero attached hydrogens (tertiary/aromatic N) is 4. The number of amides is 1. The number of carbonyl (C=O) groups excluding carboxylic acids is 1. The van der Waals surface area contributed by atoms with Gasteiger partial charge in [-0.05, 0) is 25.7 Å². The Morgan fingerprint density at radius 1 is 1.29 bits per heavy atom. The number of nitrogen functional groups attached to an aromatic ring is 1. The van der Waals surface area contributed by atoms with Crippen molar-refractivity contribution in [2.24, 2.45) is 0 Å². The van der Waals surface area contributed by atoms with E-state index in [0.717, 1.165) is 76.3 Å². The SMILES string of the molecule is CCCCNc1cc(N2CCC(N3CCCC3=O)CC2)nc(N)n1. The Balaban J connectivity index is 1.60. The fourth-order valence-electron chi connectivity index (χ4n) is 3.56. The highest BCUT2D eigenvalue weighted by Crippen LogP contribution is 2.26. The van der Waals surface area contributed by atoms with Gasteiger partial charge in [0.05, 0.1) is 0 Å². The molecule has 7 nitrogen and oxygen atoms in total. The summed E-state index contributed by atoms with van der Waals surface area (Å²) in [6, 6.07) is 2.37. The highest BCUT2D eigenvalue weighted by Gasteiger charge is 2.31. The molecule has 1 amide bonds. The lowest BCUT2D eigenvalue weighted by Crippen LogP contribution is -2.45. The summed E-state index contributed by atoms with van der Waals surface area (Å²) in [5.41, 5.74) is 5.87. The molecule has 2 saturated heterocycles. The van der Waals surface area contributed by atoms with Gasteiger partial charge in [-0.3, -0.25) is 4.79 Å². The number of piperidine rings is 1. The molecule has 0 atom stereocenters. The predicted molar refractivity (Wildman–Crippen MR) is 96.0 cm³/mol. The van der Waals surface area contributed by atoms with Crippen LogP contribution in [0.2, 0.25) is 0 Å². The molecule has 0 spiro atoms. The van der Waals surface area contributed by atoms with E-state index in [1.807, 2.05) is 6.07 Å². The molecule has 132 valence electrons. The van der Waals surface area contributed by atoms with Crippen molar-refractivity contribution in [1.29, 1.82) is 0 Å². The largest absolute Gasteiger partial charge is 0.370 e. The van der Waals surface area contributed by atoms with Crippen LogP contribution in [-0.2, 0) is 4.79 Å². The molecule has 2 aliphatic rings. The van der Waals surface area contributed by atoms with Gasteiger partial charge in [-0.25, -0.2) is 0 Å². The maximum absolute atomic E-state index is 11.9. The molecule has 3 rings (SSSR count). The van der Waals surface area contributed by atoms with E-state index in [9.17, 15) is 4.79 Å². The maximum Gasteiger partial charge on any atom is 0.223 e. The van der Waals surface area contributed by atoms with Gasteiger partial charge in [0.1, 0.15) is 11.6 Å². The van der Waals surface area contributed by atoms with Crippen molar-refractivity contribution >= 4 is 23.5 Å². The lowest BCUT2D eigenvalue weighted by molar-refractivity contribution is -0.130. The molecule has 0 aromatic carbocycles. The third kappa shape index (κ3) is 3.88. The van der Waals surface area contributed by atoms with E-state index in [4.69, 9.17) is 5.73 Å². The Morgan fingerprint density at radius 2 is 2.08 bits per heavy atom. The zero-order valence-electron chi connectivity index (χ0n) is 14.5. The second-order valence-electron chi connectivity index (χ2n) is 6.66. The molecular weight excluding hydrogens is 304 g/mol. The van der Waals surface area contributed by atoms with Crippen LogP contribution < -0.4 is 16.0 Å². The summed E-state index contributed by atoms with van der Waals surface area (Å²) in [5, 5.41) is 3.31. The van der Waals surface area contributed by atoms with Crippen molar-refractivity contribution in [2.75, 3.05) is 42.1 Å². The van der Waals surface area contributed by atoms with E-state index >= 15 is 0 Å². The lowest BCUT2D eigenvalue weighted by Gasteiger charge is -2.37. The van der Waals surface area contributed by atoms with Crippen LogP contribution in [0.5, 0.6) is 0 Å². The van der Waals surface area contributed by atoms with E-state index in [0.29, 0.717) is 17.9 Å². The van der Waals surface area contributed by atoms with Gasteiger partial charge in [0, 0.05) is 44.7 Å². The molecule has 7 heteroatoms.